The van der Waals surface area contributed by atoms with E-state index in [0.717, 1.165) is 66.3 Å². The minimum Gasteiger partial charge on any atom is -0.324 e. The molecular formula is C24H30N6O3. The summed E-state index contributed by atoms with van der Waals surface area (Å²) in [6.45, 7) is 4.40. The van der Waals surface area contributed by atoms with Gasteiger partial charge in [-0.25, -0.2) is 9.69 Å². The number of anilines is 1. The lowest BCUT2D eigenvalue weighted by Crippen LogP contribution is -2.48. The second-order valence-electron chi connectivity index (χ2n) is 9.49. The third-order valence-electron chi connectivity index (χ3n) is 7.28. The second-order valence-corrected chi connectivity index (χ2v) is 9.49. The maximum absolute atomic E-state index is 13.1. The van der Waals surface area contributed by atoms with Crippen LogP contribution in [0.25, 0.3) is 11.4 Å². The maximum atomic E-state index is 13.1. The van der Waals surface area contributed by atoms with Gasteiger partial charge in [0, 0.05) is 24.2 Å². The highest BCUT2D eigenvalue weighted by molar-refractivity contribution is 6.11. The summed E-state index contributed by atoms with van der Waals surface area (Å²) < 4.78 is 2.17. The van der Waals surface area contributed by atoms with Crippen molar-refractivity contribution in [3.63, 3.8) is 0 Å². The molecule has 0 radical (unpaired) electrons. The number of fused-ring (bicyclic) bond motifs is 1. The number of urea groups is 1. The van der Waals surface area contributed by atoms with Gasteiger partial charge < -0.3 is 15.2 Å². The molecule has 1 saturated carbocycles. The van der Waals surface area contributed by atoms with Crippen molar-refractivity contribution in [3.05, 3.63) is 29.6 Å². The first-order valence-electron chi connectivity index (χ1n) is 11.9. The molecule has 9 heteroatoms. The molecule has 5 rings (SSSR count). The van der Waals surface area contributed by atoms with Crippen LogP contribution in [0.15, 0.2) is 18.2 Å². The van der Waals surface area contributed by atoms with Crippen LogP contribution in [-0.4, -0.2) is 49.1 Å². The van der Waals surface area contributed by atoms with E-state index >= 15 is 0 Å². The van der Waals surface area contributed by atoms with E-state index in [-0.39, 0.29) is 5.91 Å². The van der Waals surface area contributed by atoms with Gasteiger partial charge >= 0.3 is 6.03 Å². The average Bonchev–Trinajstić information content (AvgIpc) is 3.43. The number of amides is 4. The molecule has 3 aliphatic rings. The zero-order chi connectivity index (χ0) is 23.2. The highest BCUT2D eigenvalue weighted by Crippen LogP contribution is 2.36. The second kappa shape index (κ2) is 8.28. The van der Waals surface area contributed by atoms with Crippen LogP contribution in [0.3, 0.4) is 0 Å². The first kappa shape index (κ1) is 21.6. The Morgan fingerprint density at radius 2 is 1.91 bits per heavy atom. The van der Waals surface area contributed by atoms with Gasteiger partial charge in [0.2, 0.25) is 5.91 Å². The van der Waals surface area contributed by atoms with Gasteiger partial charge in [-0.2, -0.15) is 0 Å². The van der Waals surface area contributed by atoms with Gasteiger partial charge in [0.25, 0.3) is 5.91 Å². The molecule has 2 aliphatic heterocycles. The number of hydrogen-bond acceptors (Lipinski definition) is 5. The quantitative estimate of drug-likeness (QED) is 0.696. The largest absolute Gasteiger partial charge is 0.325 e. The van der Waals surface area contributed by atoms with Gasteiger partial charge in [-0.05, 0) is 51.2 Å². The molecule has 2 fully saturated rings. The van der Waals surface area contributed by atoms with E-state index in [4.69, 9.17) is 0 Å². The predicted octanol–water partition coefficient (Wildman–Crippen LogP) is 3.17. The highest BCUT2D eigenvalue weighted by atomic mass is 16.2. The summed E-state index contributed by atoms with van der Waals surface area (Å²) in [5.74, 6) is 1.12. The van der Waals surface area contributed by atoms with E-state index in [2.05, 4.69) is 25.4 Å². The number of aromatic nitrogens is 3. The lowest BCUT2D eigenvalue weighted by atomic mass is 9.97. The van der Waals surface area contributed by atoms with Crippen LogP contribution in [-0.2, 0) is 22.6 Å². The van der Waals surface area contributed by atoms with E-state index in [1.54, 1.807) is 6.92 Å². The van der Waals surface area contributed by atoms with E-state index in [0.29, 0.717) is 18.5 Å². The Bertz CT molecular complexity index is 1120. The molecule has 0 bridgehead atoms. The summed E-state index contributed by atoms with van der Waals surface area (Å²) in [6.07, 6.45) is 7.39. The Hall–Kier alpha value is -3.23. The molecule has 1 aromatic heterocycles. The highest BCUT2D eigenvalue weighted by Gasteiger charge is 2.54. The van der Waals surface area contributed by atoms with Crippen LogP contribution in [0.1, 0.15) is 63.3 Å². The van der Waals surface area contributed by atoms with E-state index in [9.17, 15) is 14.4 Å². The van der Waals surface area contributed by atoms with E-state index in [1.165, 1.54) is 6.42 Å². The summed E-state index contributed by atoms with van der Waals surface area (Å²) in [7, 11) is 0. The van der Waals surface area contributed by atoms with Crippen LogP contribution >= 0.6 is 0 Å². The molecule has 1 spiro atoms. The number of carbonyl (C=O) groups excluding carboxylic acids is 3. The van der Waals surface area contributed by atoms with Crippen molar-refractivity contribution < 1.29 is 14.4 Å². The van der Waals surface area contributed by atoms with E-state index < -0.39 is 23.5 Å². The van der Waals surface area contributed by atoms with Gasteiger partial charge in [-0.1, -0.05) is 31.4 Å². The molecular weight excluding hydrogens is 420 g/mol. The number of carbonyl (C=O) groups is 3. The van der Waals surface area contributed by atoms with Crippen molar-refractivity contribution in [2.75, 3.05) is 5.32 Å². The number of rotatable bonds is 4. The number of hydrogen-bond donors (Lipinski definition) is 2. The molecule has 1 aliphatic carbocycles. The molecule has 4 amide bonds. The summed E-state index contributed by atoms with van der Waals surface area (Å²) in [5, 5.41) is 14.6. The molecule has 2 N–H and O–H groups in total. The van der Waals surface area contributed by atoms with Gasteiger partial charge in [-0.3, -0.25) is 9.59 Å². The van der Waals surface area contributed by atoms with Crippen molar-refractivity contribution in [2.24, 2.45) is 0 Å². The van der Waals surface area contributed by atoms with Crippen LogP contribution in [0.4, 0.5) is 10.5 Å². The van der Waals surface area contributed by atoms with Crippen LogP contribution in [0.5, 0.6) is 0 Å². The Morgan fingerprint density at radius 3 is 2.70 bits per heavy atom. The number of aryl methyl sites for hydroxylation is 2. The van der Waals surface area contributed by atoms with Crippen LogP contribution in [0, 0.1) is 6.92 Å². The smallest absolute Gasteiger partial charge is 0.324 e. The minimum absolute atomic E-state index is 0.288. The normalized spacial score (nSPS) is 20.5. The average molecular weight is 451 g/mol. The number of nitrogens with one attached hydrogen (secondary N) is 2. The number of benzene rings is 1. The summed E-state index contributed by atoms with van der Waals surface area (Å²) >= 11 is 0. The van der Waals surface area contributed by atoms with Gasteiger partial charge in [-0.15, -0.1) is 10.2 Å². The zero-order valence-corrected chi connectivity index (χ0v) is 19.2. The Balaban J connectivity index is 1.36. The Labute approximate surface area is 192 Å². The lowest BCUT2D eigenvalue weighted by molar-refractivity contribution is -0.136. The van der Waals surface area contributed by atoms with Crippen molar-refractivity contribution in [1.82, 2.24) is 25.0 Å². The fourth-order valence-electron chi connectivity index (χ4n) is 5.26. The van der Waals surface area contributed by atoms with Crippen molar-refractivity contribution in [3.8, 4) is 11.4 Å². The van der Waals surface area contributed by atoms with Crippen molar-refractivity contribution >= 4 is 23.5 Å². The van der Waals surface area contributed by atoms with Crippen LogP contribution < -0.4 is 10.6 Å². The molecule has 2 aromatic rings. The predicted molar refractivity (Wildman–Crippen MR) is 122 cm³/mol. The standard InChI is InChI=1S/C24H30N6O3/c1-15-9-10-17(20-28-27-19-8-4-3-7-13-29(19)20)14-18(15)25-21(31)16(2)30-22(32)24(26-23(30)33)11-5-6-12-24/h9-10,14,16H,3-8,11-13H2,1-2H3,(H,25,31)(H,26,33). The minimum atomic E-state index is -0.912. The SMILES string of the molecule is Cc1ccc(-c2nnc3n2CCCCC3)cc1NC(=O)C(C)N1C(=O)NC2(CCCC2)C1=O. The first-order chi connectivity index (χ1) is 15.9. The fraction of sp³-hybridized carbons (Fsp3) is 0.542. The lowest BCUT2D eigenvalue weighted by Gasteiger charge is -2.24. The number of nitrogens with zero attached hydrogens (tertiary/aromatic N) is 4. The Kier molecular flexibility index (Phi) is 5.42. The van der Waals surface area contributed by atoms with Gasteiger partial charge in [0.1, 0.15) is 17.4 Å². The Morgan fingerprint density at radius 1 is 1.12 bits per heavy atom. The summed E-state index contributed by atoms with van der Waals surface area (Å²) in [5.41, 5.74) is 1.58. The van der Waals surface area contributed by atoms with Gasteiger partial charge in [0.15, 0.2) is 5.82 Å². The topological polar surface area (TPSA) is 109 Å². The van der Waals surface area contributed by atoms with Crippen molar-refractivity contribution in [2.45, 2.75) is 83.3 Å². The molecule has 174 valence electrons. The summed E-state index contributed by atoms with van der Waals surface area (Å²) in [6, 6.07) is 4.42. The third kappa shape index (κ3) is 3.69. The molecule has 3 heterocycles. The van der Waals surface area contributed by atoms with Gasteiger partial charge in [0.05, 0.1) is 0 Å². The summed E-state index contributed by atoms with van der Waals surface area (Å²) in [4.78, 5) is 39.8. The molecule has 9 nitrogen and oxygen atoms in total. The van der Waals surface area contributed by atoms with Crippen LogP contribution in [0.2, 0.25) is 0 Å². The zero-order valence-electron chi connectivity index (χ0n) is 19.2. The monoisotopic (exact) mass is 450 g/mol. The third-order valence-corrected chi connectivity index (χ3v) is 7.28. The molecule has 1 atom stereocenters. The van der Waals surface area contributed by atoms with Crippen molar-refractivity contribution in [1.29, 1.82) is 0 Å². The first-order valence-corrected chi connectivity index (χ1v) is 11.9. The number of imide groups is 1. The maximum Gasteiger partial charge on any atom is 0.325 e. The molecule has 33 heavy (non-hydrogen) atoms. The molecule has 1 aromatic carbocycles. The molecule has 1 saturated heterocycles. The van der Waals surface area contributed by atoms with E-state index in [1.807, 2.05) is 25.1 Å². The fourth-order valence-corrected chi connectivity index (χ4v) is 5.26. The molecule has 1 unspecified atom stereocenters.